The normalized spacial score (nSPS) is 13.3. The van der Waals surface area contributed by atoms with Crippen molar-refractivity contribution in [2.24, 2.45) is 0 Å². The van der Waals surface area contributed by atoms with Crippen LogP contribution in [0.2, 0.25) is 0 Å². The number of aryl methyl sites for hydroxylation is 2. The Morgan fingerprint density at radius 2 is 2.33 bits per heavy atom. The molecule has 1 aromatic rings. The molecule has 0 saturated carbocycles. The van der Waals surface area contributed by atoms with Gasteiger partial charge in [0.05, 0.1) is 11.8 Å². The Bertz CT molecular complexity index is 253. The highest BCUT2D eigenvalue weighted by Gasteiger charge is 2.08. The largest absolute Gasteiger partial charge is 0.389 e. The fourth-order valence-corrected chi connectivity index (χ4v) is 1.29. The maximum absolute atomic E-state index is 9.33. The monoisotopic (exact) mass is 168 g/mol. The molecule has 1 atom stereocenters. The van der Waals surface area contributed by atoms with E-state index in [1.807, 2.05) is 17.8 Å². The van der Waals surface area contributed by atoms with Crippen molar-refractivity contribution < 1.29 is 5.11 Å². The highest BCUT2D eigenvalue weighted by atomic mass is 16.3. The second-order valence-corrected chi connectivity index (χ2v) is 3.11. The molecular formula is C9H16N2O. The van der Waals surface area contributed by atoms with E-state index in [0.717, 1.165) is 24.2 Å². The molecule has 0 saturated heterocycles. The van der Waals surface area contributed by atoms with Crippen molar-refractivity contribution in [1.29, 1.82) is 0 Å². The molecule has 0 aliphatic carbocycles. The number of hydrogen-bond acceptors (Lipinski definition) is 2. The van der Waals surface area contributed by atoms with E-state index in [2.05, 4.69) is 12.0 Å². The second-order valence-electron chi connectivity index (χ2n) is 3.11. The lowest BCUT2D eigenvalue weighted by Crippen LogP contribution is -1.96. The van der Waals surface area contributed by atoms with Crippen molar-refractivity contribution in [3.05, 3.63) is 17.5 Å². The summed E-state index contributed by atoms with van der Waals surface area (Å²) >= 11 is 0. The zero-order chi connectivity index (χ0) is 9.14. The minimum absolute atomic E-state index is 0.407. The SMILES string of the molecule is CCCn1cc([C@@H](C)O)c(C)n1. The molecule has 1 heterocycles. The summed E-state index contributed by atoms with van der Waals surface area (Å²) in [7, 11) is 0. The van der Waals surface area contributed by atoms with E-state index in [1.165, 1.54) is 0 Å². The molecule has 0 spiro atoms. The average Bonchev–Trinajstić information content (AvgIpc) is 2.32. The molecule has 0 fully saturated rings. The van der Waals surface area contributed by atoms with Crippen LogP contribution in [-0.2, 0) is 6.54 Å². The van der Waals surface area contributed by atoms with Crippen molar-refractivity contribution in [1.82, 2.24) is 9.78 Å². The van der Waals surface area contributed by atoms with Crippen molar-refractivity contribution >= 4 is 0 Å². The van der Waals surface area contributed by atoms with Crippen LogP contribution in [0.15, 0.2) is 6.20 Å². The van der Waals surface area contributed by atoms with Crippen molar-refractivity contribution in [2.45, 2.75) is 39.8 Å². The maximum atomic E-state index is 9.33. The Labute approximate surface area is 73.0 Å². The first-order chi connectivity index (χ1) is 5.65. The van der Waals surface area contributed by atoms with Gasteiger partial charge in [-0.3, -0.25) is 4.68 Å². The van der Waals surface area contributed by atoms with E-state index in [0.29, 0.717) is 0 Å². The minimum Gasteiger partial charge on any atom is -0.389 e. The first-order valence-corrected chi connectivity index (χ1v) is 4.37. The van der Waals surface area contributed by atoms with Crippen molar-refractivity contribution in [3.63, 3.8) is 0 Å². The molecule has 1 aromatic heterocycles. The van der Waals surface area contributed by atoms with Gasteiger partial charge in [-0.25, -0.2) is 0 Å². The van der Waals surface area contributed by atoms with Gasteiger partial charge in [-0.1, -0.05) is 6.92 Å². The summed E-state index contributed by atoms with van der Waals surface area (Å²) in [5.41, 5.74) is 1.86. The Morgan fingerprint density at radius 1 is 1.67 bits per heavy atom. The average molecular weight is 168 g/mol. The molecule has 3 nitrogen and oxygen atoms in total. The Hall–Kier alpha value is -0.830. The number of rotatable bonds is 3. The van der Waals surface area contributed by atoms with Crippen LogP contribution in [0, 0.1) is 6.92 Å². The van der Waals surface area contributed by atoms with E-state index in [9.17, 15) is 5.11 Å². The summed E-state index contributed by atoms with van der Waals surface area (Å²) in [5.74, 6) is 0. The van der Waals surface area contributed by atoms with E-state index < -0.39 is 6.10 Å². The third-order valence-corrected chi connectivity index (χ3v) is 1.89. The van der Waals surface area contributed by atoms with Gasteiger partial charge in [0.2, 0.25) is 0 Å². The first-order valence-electron chi connectivity index (χ1n) is 4.37. The standard InChI is InChI=1S/C9H16N2O/c1-4-5-11-6-9(8(3)12)7(2)10-11/h6,8,12H,4-5H2,1-3H3/t8-/m1/s1. The van der Waals surface area contributed by atoms with Crippen LogP contribution >= 0.6 is 0 Å². The molecule has 1 rings (SSSR count). The fraction of sp³-hybridized carbons (Fsp3) is 0.667. The fourth-order valence-electron chi connectivity index (χ4n) is 1.29. The van der Waals surface area contributed by atoms with E-state index in [4.69, 9.17) is 0 Å². The molecule has 0 radical (unpaired) electrons. The van der Waals surface area contributed by atoms with Gasteiger partial charge in [0.15, 0.2) is 0 Å². The van der Waals surface area contributed by atoms with Crippen LogP contribution < -0.4 is 0 Å². The lowest BCUT2D eigenvalue weighted by atomic mass is 10.2. The lowest BCUT2D eigenvalue weighted by molar-refractivity contribution is 0.198. The minimum atomic E-state index is -0.407. The van der Waals surface area contributed by atoms with Gasteiger partial charge in [0.25, 0.3) is 0 Å². The van der Waals surface area contributed by atoms with Crippen LogP contribution in [0.25, 0.3) is 0 Å². The van der Waals surface area contributed by atoms with Gasteiger partial charge in [-0.2, -0.15) is 5.10 Å². The van der Waals surface area contributed by atoms with Gasteiger partial charge in [0.1, 0.15) is 0 Å². The highest BCUT2D eigenvalue weighted by molar-refractivity contribution is 5.17. The summed E-state index contributed by atoms with van der Waals surface area (Å²) in [6.07, 6.45) is 2.58. The predicted octanol–water partition coefficient (Wildman–Crippen LogP) is 1.65. The predicted molar refractivity (Wildman–Crippen MR) is 47.9 cm³/mol. The Morgan fingerprint density at radius 3 is 2.75 bits per heavy atom. The number of nitrogens with zero attached hydrogens (tertiary/aromatic N) is 2. The van der Waals surface area contributed by atoms with Crippen LogP contribution in [0.4, 0.5) is 0 Å². The lowest BCUT2D eigenvalue weighted by Gasteiger charge is -1.99. The third-order valence-electron chi connectivity index (χ3n) is 1.89. The third kappa shape index (κ3) is 1.85. The van der Waals surface area contributed by atoms with E-state index in [-0.39, 0.29) is 0 Å². The number of hydrogen-bond donors (Lipinski definition) is 1. The molecule has 0 aliphatic heterocycles. The number of aliphatic hydroxyl groups is 1. The van der Waals surface area contributed by atoms with Crippen LogP contribution in [-0.4, -0.2) is 14.9 Å². The van der Waals surface area contributed by atoms with Gasteiger partial charge >= 0.3 is 0 Å². The topological polar surface area (TPSA) is 38.0 Å². The Kier molecular flexibility index (Phi) is 2.87. The zero-order valence-corrected chi connectivity index (χ0v) is 7.91. The molecule has 12 heavy (non-hydrogen) atoms. The van der Waals surface area contributed by atoms with Gasteiger partial charge in [-0.15, -0.1) is 0 Å². The van der Waals surface area contributed by atoms with Crippen molar-refractivity contribution in [2.75, 3.05) is 0 Å². The van der Waals surface area contributed by atoms with Crippen LogP contribution in [0.3, 0.4) is 0 Å². The molecule has 3 heteroatoms. The summed E-state index contributed by atoms with van der Waals surface area (Å²) in [6, 6.07) is 0. The second kappa shape index (κ2) is 3.72. The van der Waals surface area contributed by atoms with Gasteiger partial charge in [-0.05, 0) is 20.3 Å². The van der Waals surface area contributed by atoms with Gasteiger partial charge in [0, 0.05) is 18.3 Å². The van der Waals surface area contributed by atoms with Crippen molar-refractivity contribution in [3.8, 4) is 0 Å². The highest BCUT2D eigenvalue weighted by Crippen LogP contribution is 2.15. The first kappa shape index (κ1) is 9.26. The summed E-state index contributed by atoms with van der Waals surface area (Å²) in [4.78, 5) is 0. The Balaban J connectivity index is 2.85. The van der Waals surface area contributed by atoms with Crippen LogP contribution in [0.5, 0.6) is 0 Å². The van der Waals surface area contributed by atoms with E-state index in [1.54, 1.807) is 6.92 Å². The number of aliphatic hydroxyl groups excluding tert-OH is 1. The van der Waals surface area contributed by atoms with E-state index >= 15 is 0 Å². The zero-order valence-electron chi connectivity index (χ0n) is 7.91. The molecule has 68 valence electrons. The molecule has 0 aliphatic rings. The van der Waals surface area contributed by atoms with Crippen LogP contribution in [0.1, 0.15) is 37.6 Å². The molecule has 1 N–H and O–H groups in total. The maximum Gasteiger partial charge on any atom is 0.0795 e. The number of aromatic nitrogens is 2. The summed E-state index contributed by atoms with van der Waals surface area (Å²) in [5, 5.41) is 13.6. The molecule has 0 amide bonds. The molecule has 0 bridgehead atoms. The summed E-state index contributed by atoms with van der Waals surface area (Å²) in [6.45, 7) is 6.72. The molecule has 0 unspecified atom stereocenters. The van der Waals surface area contributed by atoms with Gasteiger partial charge < -0.3 is 5.11 Å². The quantitative estimate of drug-likeness (QED) is 0.745. The smallest absolute Gasteiger partial charge is 0.0795 e. The summed E-state index contributed by atoms with van der Waals surface area (Å²) < 4.78 is 1.89. The molecular weight excluding hydrogens is 152 g/mol. The molecule has 0 aromatic carbocycles.